The van der Waals surface area contributed by atoms with E-state index in [1.165, 1.54) is 11.1 Å². The maximum Gasteiger partial charge on any atom is 0.138 e. The average Bonchev–Trinajstić information content (AvgIpc) is 3.87. The summed E-state index contributed by atoms with van der Waals surface area (Å²) in [7, 11) is 14.8. The first-order chi connectivity index (χ1) is 31.1. The van der Waals surface area contributed by atoms with E-state index in [1.54, 1.807) is 28.4 Å². The Labute approximate surface area is 388 Å². The van der Waals surface area contributed by atoms with Crippen molar-refractivity contribution in [1.82, 2.24) is 9.80 Å². The van der Waals surface area contributed by atoms with Crippen LogP contribution in [0, 0.1) is 0 Å². The van der Waals surface area contributed by atoms with Crippen molar-refractivity contribution in [2.24, 2.45) is 0 Å². The summed E-state index contributed by atoms with van der Waals surface area (Å²) in [6, 6.07) is 44.5. The van der Waals surface area contributed by atoms with Crippen LogP contribution in [0.15, 0.2) is 142 Å². The SMILES string of the molecule is COc1ccc(-c2oc3cc(OC)ccc3c2Cc2ccc(OCCN(C)C)cc2)cc1.COc1ccc(-c2oc3cc(OC)ccc3c2Cc2ccc(OCCN(C)C)cc2)cc1.Cl. The van der Waals surface area contributed by atoms with Gasteiger partial charge in [-0.15, -0.1) is 12.4 Å². The van der Waals surface area contributed by atoms with Crippen molar-refractivity contribution < 1.29 is 37.3 Å². The predicted octanol–water partition coefficient (Wildman–Crippen LogP) is 11.7. The molecule has 340 valence electrons. The molecule has 8 rings (SSSR count). The molecule has 0 atom stereocenters. The van der Waals surface area contributed by atoms with E-state index in [-0.39, 0.29) is 12.4 Å². The van der Waals surface area contributed by atoms with Gasteiger partial charge in [-0.05, 0) is 136 Å². The molecular weight excluding hydrogens is 840 g/mol. The first-order valence-electron chi connectivity index (χ1n) is 21.3. The van der Waals surface area contributed by atoms with Gasteiger partial charge < -0.3 is 47.1 Å². The zero-order valence-corrected chi connectivity index (χ0v) is 39.3. The summed E-state index contributed by atoms with van der Waals surface area (Å²) in [6.07, 6.45) is 1.50. The number of likely N-dealkylation sites (N-methyl/N-ethyl adjacent to an activating group) is 2. The molecule has 0 radical (unpaired) electrons. The standard InChI is InChI=1S/2C27H29NO4.ClH/c2*1-28(2)15-16-31-22-9-5-19(6-10-22)17-25-24-14-13-23(30-4)18-26(24)32-27(25)20-7-11-21(29-3)12-8-20;/h2*5-14,18H,15-17H2,1-4H3;1H. The second kappa shape index (κ2) is 22.9. The highest BCUT2D eigenvalue weighted by molar-refractivity contribution is 5.90. The smallest absolute Gasteiger partial charge is 0.138 e. The number of fused-ring (bicyclic) bond motifs is 2. The third-order valence-electron chi connectivity index (χ3n) is 10.9. The number of hydrogen-bond acceptors (Lipinski definition) is 10. The van der Waals surface area contributed by atoms with Crippen molar-refractivity contribution >= 4 is 34.3 Å². The number of methoxy groups -OCH3 is 4. The molecule has 0 aliphatic carbocycles. The van der Waals surface area contributed by atoms with Crippen LogP contribution in [0.4, 0.5) is 0 Å². The highest BCUT2D eigenvalue weighted by Gasteiger charge is 2.19. The molecule has 6 aromatic carbocycles. The minimum atomic E-state index is 0. The minimum Gasteiger partial charge on any atom is -0.497 e. The molecule has 0 fully saturated rings. The summed E-state index contributed by atoms with van der Waals surface area (Å²) < 4.78 is 45.7. The molecule has 8 aromatic rings. The van der Waals surface area contributed by atoms with Gasteiger partial charge in [-0.1, -0.05) is 24.3 Å². The van der Waals surface area contributed by atoms with Crippen LogP contribution < -0.4 is 28.4 Å². The number of rotatable bonds is 18. The van der Waals surface area contributed by atoms with E-state index < -0.39 is 0 Å². The molecule has 0 bridgehead atoms. The fraction of sp³-hybridized carbons (Fsp3) is 0.259. The van der Waals surface area contributed by atoms with E-state index in [1.807, 2.05) is 125 Å². The van der Waals surface area contributed by atoms with Crippen molar-refractivity contribution in [3.05, 3.63) is 156 Å². The Kier molecular flexibility index (Phi) is 16.8. The summed E-state index contributed by atoms with van der Waals surface area (Å²) in [4.78, 5) is 4.21. The van der Waals surface area contributed by atoms with Crippen molar-refractivity contribution in [3.63, 3.8) is 0 Å². The van der Waals surface area contributed by atoms with Gasteiger partial charge in [0, 0.05) is 71.1 Å². The van der Waals surface area contributed by atoms with E-state index in [2.05, 4.69) is 46.2 Å². The second-order valence-electron chi connectivity index (χ2n) is 15.9. The fourth-order valence-corrected chi connectivity index (χ4v) is 7.32. The van der Waals surface area contributed by atoms with Gasteiger partial charge in [0.25, 0.3) is 0 Å². The molecule has 10 nitrogen and oxygen atoms in total. The number of halogens is 1. The van der Waals surface area contributed by atoms with Crippen LogP contribution in [0.5, 0.6) is 34.5 Å². The van der Waals surface area contributed by atoms with Crippen LogP contribution in [-0.4, -0.2) is 92.7 Å². The predicted molar refractivity (Wildman–Crippen MR) is 263 cm³/mol. The summed E-state index contributed by atoms with van der Waals surface area (Å²) >= 11 is 0. The number of hydrogen-bond donors (Lipinski definition) is 0. The first kappa shape index (κ1) is 47.9. The molecule has 0 amide bonds. The molecule has 0 unspecified atom stereocenters. The summed E-state index contributed by atoms with van der Waals surface area (Å²) in [5.74, 6) is 6.68. The van der Waals surface area contributed by atoms with Gasteiger partial charge in [0.1, 0.15) is 70.4 Å². The zero-order chi connectivity index (χ0) is 45.0. The Balaban J connectivity index is 0.000000212. The van der Waals surface area contributed by atoms with E-state index >= 15 is 0 Å². The summed E-state index contributed by atoms with van der Waals surface area (Å²) in [5, 5.41) is 2.17. The quantitative estimate of drug-likeness (QED) is 0.0829. The van der Waals surface area contributed by atoms with Gasteiger partial charge in [0.15, 0.2) is 0 Å². The average molecular weight is 900 g/mol. The largest absolute Gasteiger partial charge is 0.497 e. The Bertz CT molecular complexity index is 2520. The molecule has 0 spiro atoms. The molecule has 0 aliphatic heterocycles. The lowest BCUT2D eigenvalue weighted by atomic mass is 9.98. The topological polar surface area (TPSA) is 88.1 Å². The molecule has 0 aliphatic rings. The fourth-order valence-electron chi connectivity index (χ4n) is 7.32. The maximum atomic E-state index is 6.32. The van der Waals surface area contributed by atoms with Crippen molar-refractivity contribution in [2.45, 2.75) is 12.8 Å². The molecule has 0 saturated heterocycles. The van der Waals surface area contributed by atoms with Crippen molar-refractivity contribution in [3.8, 4) is 57.1 Å². The van der Waals surface area contributed by atoms with Crippen LogP contribution in [0.3, 0.4) is 0 Å². The van der Waals surface area contributed by atoms with Gasteiger partial charge >= 0.3 is 0 Å². The Morgan fingerprint density at radius 3 is 1.05 bits per heavy atom. The number of ether oxygens (including phenoxy) is 6. The van der Waals surface area contributed by atoms with Gasteiger partial charge in [0.2, 0.25) is 0 Å². The van der Waals surface area contributed by atoms with E-state index in [0.717, 1.165) is 116 Å². The second-order valence-corrected chi connectivity index (χ2v) is 15.9. The maximum absolute atomic E-state index is 6.32. The van der Waals surface area contributed by atoms with Crippen LogP contribution >= 0.6 is 12.4 Å². The molecule has 0 N–H and O–H groups in total. The number of furan rings is 2. The highest BCUT2D eigenvalue weighted by Crippen LogP contribution is 2.39. The van der Waals surface area contributed by atoms with Gasteiger partial charge in [0.05, 0.1) is 28.4 Å². The van der Waals surface area contributed by atoms with Gasteiger partial charge in [-0.25, -0.2) is 0 Å². The molecule has 2 heterocycles. The zero-order valence-electron chi connectivity index (χ0n) is 38.5. The van der Waals surface area contributed by atoms with Crippen LogP contribution in [0.25, 0.3) is 44.6 Å². The summed E-state index contributed by atoms with van der Waals surface area (Å²) in [6.45, 7) is 3.11. The summed E-state index contributed by atoms with van der Waals surface area (Å²) in [5.41, 5.74) is 8.33. The molecule has 0 saturated carbocycles. The number of benzene rings is 6. The highest BCUT2D eigenvalue weighted by atomic mass is 35.5. The first-order valence-corrected chi connectivity index (χ1v) is 21.3. The molecule has 65 heavy (non-hydrogen) atoms. The Morgan fingerprint density at radius 1 is 0.400 bits per heavy atom. The third kappa shape index (κ3) is 12.4. The van der Waals surface area contributed by atoms with Gasteiger partial charge in [-0.3, -0.25) is 0 Å². The van der Waals surface area contributed by atoms with Crippen molar-refractivity contribution in [1.29, 1.82) is 0 Å². The van der Waals surface area contributed by atoms with Gasteiger partial charge in [-0.2, -0.15) is 0 Å². The van der Waals surface area contributed by atoms with E-state index in [4.69, 9.17) is 37.3 Å². The third-order valence-corrected chi connectivity index (χ3v) is 10.9. The lowest BCUT2D eigenvalue weighted by molar-refractivity contribution is 0.261. The van der Waals surface area contributed by atoms with E-state index in [0.29, 0.717) is 13.2 Å². The Morgan fingerprint density at radius 2 is 0.723 bits per heavy atom. The number of nitrogens with zero attached hydrogens (tertiary/aromatic N) is 2. The molecule has 2 aromatic heterocycles. The normalized spacial score (nSPS) is 11.0. The van der Waals surface area contributed by atoms with E-state index in [9.17, 15) is 0 Å². The Hall–Kier alpha value is -6.59. The molecular formula is C54H59ClN2O8. The lowest BCUT2D eigenvalue weighted by Crippen LogP contribution is -2.19. The van der Waals surface area contributed by atoms with Crippen LogP contribution in [-0.2, 0) is 12.8 Å². The van der Waals surface area contributed by atoms with Crippen LogP contribution in [0.2, 0.25) is 0 Å². The van der Waals surface area contributed by atoms with Crippen LogP contribution in [0.1, 0.15) is 22.3 Å². The minimum absolute atomic E-state index is 0. The van der Waals surface area contributed by atoms with Crippen molar-refractivity contribution in [2.75, 3.05) is 82.9 Å². The monoisotopic (exact) mass is 898 g/mol. The lowest BCUT2D eigenvalue weighted by Gasteiger charge is -2.11. The molecule has 11 heteroatoms.